The van der Waals surface area contributed by atoms with Crippen molar-refractivity contribution in [2.24, 2.45) is 0 Å². The number of sulfonamides is 1. The Morgan fingerprint density at radius 1 is 0.793 bits per heavy atom. The van der Waals surface area contributed by atoms with Crippen LogP contribution in [0.1, 0.15) is 12.5 Å². The highest BCUT2D eigenvalue weighted by molar-refractivity contribution is 7.92. The minimum Gasteiger partial charge on any atom is -0.314 e. The van der Waals surface area contributed by atoms with Gasteiger partial charge >= 0.3 is 0 Å². The number of rotatable bonds is 7. The van der Waals surface area contributed by atoms with Crippen molar-refractivity contribution in [1.82, 2.24) is 0 Å². The fraction of sp³-hybridized carbons (Fsp3) is 0.174. The van der Waals surface area contributed by atoms with E-state index in [1.165, 1.54) is 21.3 Å². The van der Waals surface area contributed by atoms with Gasteiger partial charge in [-0.2, -0.15) is 0 Å². The molecule has 0 aliphatic carbocycles. The molecule has 0 aromatic heterocycles. The van der Waals surface area contributed by atoms with Gasteiger partial charge in [0.05, 0.1) is 10.6 Å². The molecule has 0 N–H and O–H groups in total. The third-order valence-electron chi connectivity index (χ3n) is 4.76. The van der Waals surface area contributed by atoms with Crippen LogP contribution in [0, 0.1) is 0 Å². The van der Waals surface area contributed by atoms with E-state index in [9.17, 15) is 13.2 Å². The first-order valence-corrected chi connectivity index (χ1v) is 10.9. The molecule has 3 rings (SSSR count). The van der Waals surface area contributed by atoms with Gasteiger partial charge in [-0.25, -0.2) is 8.42 Å². The molecule has 0 heterocycles. The Morgan fingerprint density at radius 2 is 1.34 bits per heavy atom. The van der Waals surface area contributed by atoms with Crippen molar-refractivity contribution in [2.75, 3.05) is 22.8 Å². The van der Waals surface area contributed by atoms with Gasteiger partial charge in [0, 0.05) is 12.7 Å². The minimum absolute atomic E-state index is 0.148. The number of carbonyl (C=O) groups is 1. The van der Waals surface area contributed by atoms with Gasteiger partial charge in [0.2, 0.25) is 5.91 Å². The highest BCUT2D eigenvalue weighted by atomic mass is 32.2. The molecule has 0 radical (unpaired) electrons. The van der Waals surface area contributed by atoms with E-state index < -0.39 is 10.0 Å². The van der Waals surface area contributed by atoms with E-state index in [4.69, 9.17) is 0 Å². The van der Waals surface area contributed by atoms with E-state index in [-0.39, 0.29) is 17.3 Å². The Bertz CT molecular complexity index is 1050. The third kappa shape index (κ3) is 4.66. The predicted octanol–water partition coefficient (Wildman–Crippen LogP) is 4.11. The van der Waals surface area contributed by atoms with E-state index in [1.54, 1.807) is 37.4 Å². The normalized spacial score (nSPS) is 11.1. The van der Waals surface area contributed by atoms with E-state index in [0.29, 0.717) is 11.4 Å². The Balaban J connectivity index is 1.97. The van der Waals surface area contributed by atoms with Gasteiger partial charge in [0.15, 0.2) is 0 Å². The van der Waals surface area contributed by atoms with Crippen molar-refractivity contribution in [3.63, 3.8) is 0 Å². The van der Waals surface area contributed by atoms with Crippen LogP contribution in [-0.2, 0) is 21.2 Å². The summed E-state index contributed by atoms with van der Waals surface area (Å²) in [5.74, 6) is -0.324. The zero-order valence-corrected chi connectivity index (χ0v) is 17.3. The Kier molecular flexibility index (Phi) is 6.34. The highest BCUT2D eigenvalue weighted by Gasteiger charge is 2.28. The molecule has 0 aliphatic heterocycles. The smallest absolute Gasteiger partial charge is 0.264 e. The number of carbonyl (C=O) groups excluding carboxylic acids is 1. The van der Waals surface area contributed by atoms with Gasteiger partial charge in [-0.1, -0.05) is 55.5 Å². The van der Waals surface area contributed by atoms with Crippen molar-refractivity contribution in [3.8, 4) is 0 Å². The molecule has 0 fully saturated rings. The van der Waals surface area contributed by atoms with Crippen molar-refractivity contribution >= 4 is 27.3 Å². The SMILES string of the molecule is CCc1ccc(N(CC(=O)N(C)c2ccccc2)S(=O)(=O)c2ccccc2)cc1. The van der Waals surface area contributed by atoms with Crippen LogP contribution in [0.25, 0.3) is 0 Å². The maximum atomic E-state index is 13.3. The molecular formula is C23H24N2O3S. The third-order valence-corrected chi connectivity index (χ3v) is 6.55. The molecule has 3 aromatic carbocycles. The Labute approximate surface area is 172 Å². The molecule has 0 saturated carbocycles. The van der Waals surface area contributed by atoms with Crippen molar-refractivity contribution < 1.29 is 13.2 Å². The molecule has 0 bridgehead atoms. The Hall–Kier alpha value is -3.12. The summed E-state index contributed by atoms with van der Waals surface area (Å²) in [6.07, 6.45) is 0.849. The van der Waals surface area contributed by atoms with E-state index >= 15 is 0 Å². The second-order valence-corrected chi connectivity index (χ2v) is 8.50. The summed E-state index contributed by atoms with van der Waals surface area (Å²) < 4.78 is 27.8. The van der Waals surface area contributed by atoms with Gasteiger partial charge in [0.1, 0.15) is 6.54 Å². The summed E-state index contributed by atoms with van der Waals surface area (Å²) >= 11 is 0. The topological polar surface area (TPSA) is 57.7 Å². The Morgan fingerprint density at radius 3 is 1.90 bits per heavy atom. The number of anilines is 2. The number of hydrogen-bond acceptors (Lipinski definition) is 3. The lowest BCUT2D eigenvalue weighted by atomic mass is 10.1. The van der Waals surface area contributed by atoms with Gasteiger partial charge in [-0.05, 0) is 48.4 Å². The standard InChI is InChI=1S/C23H24N2O3S/c1-3-19-14-16-21(17-15-19)25(29(27,28)22-12-8-5-9-13-22)18-23(26)24(2)20-10-6-4-7-11-20/h4-17H,3,18H2,1-2H3. The van der Waals surface area contributed by atoms with E-state index in [0.717, 1.165) is 12.0 Å². The average molecular weight is 409 g/mol. The van der Waals surface area contributed by atoms with Crippen LogP contribution in [0.2, 0.25) is 0 Å². The van der Waals surface area contributed by atoms with Crippen LogP contribution < -0.4 is 9.21 Å². The van der Waals surface area contributed by atoms with Crippen molar-refractivity contribution in [3.05, 3.63) is 90.5 Å². The maximum absolute atomic E-state index is 13.3. The molecule has 29 heavy (non-hydrogen) atoms. The number of hydrogen-bond donors (Lipinski definition) is 0. The quantitative estimate of drug-likeness (QED) is 0.591. The summed E-state index contributed by atoms with van der Waals surface area (Å²) in [7, 11) is -2.25. The molecule has 6 heteroatoms. The highest BCUT2D eigenvalue weighted by Crippen LogP contribution is 2.25. The summed E-state index contributed by atoms with van der Waals surface area (Å²) in [4.78, 5) is 14.6. The second-order valence-electron chi connectivity index (χ2n) is 6.63. The molecule has 150 valence electrons. The number of amides is 1. The molecule has 3 aromatic rings. The number of likely N-dealkylation sites (N-methyl/N-ethyl adjacent to an activating group) is 1. The minimum atomic E-state index is -3.90. The molecular weight excluding hydrogens is 384 g/mol. The van der Waals surface area contributed by atoms with Crippen LogP contribution in [-0.4, -0.2) is 27.9 Å². The monoisotopic (exact) mass is 408 g/mol. The summed E-state index contributed by atoms with van der Waals surface area (Å²) in [5, 5.41) is 0. The maximum Gasteiger partial charge on any atom is 0.264 e. The largest absolute Gasteiger partial charge is 0.314 e. The average Bonchev–Trinajstić information content (AvgIpc) is 2.78. The fourth-order valence-corrected chi connectivity index (χ4v) is 4.39. The predicted molar refractivity (Wildman–Crippen MR) is 117 cm³/mol. The van der Waals surface area contributed by atoms with Crippen molar-refractivity contribution in [2.45, 2.75) is 18.2 Å². The van der Waals surface area contributed by atoms with E-state index in [1.807, 2.05) is 49.4 Å². The number of para-hydroxylation sites is 1. The van der Waals surface area contributed by atoms with Crippen molar-refractivity contribution in [1.29, 1.82) is 0 Å². The molecule has 0 saturated heterocycles. The van der Waals surface area contributed by atoms with Crippen LogP contribution in [0.4, 0.5) is 11.4 Å². The van der Waals surface area contributed by atoms with Crippen LogP contribution in [0.5, 0.6) is 0 Å². The van der Waals surface area contributed by atoms with E-state index in [2.05, 4.69) is 0 Å². The zero-order chi connectivity index (χ0) is 20.9. The van der Waals surface area contributed by atoms with Gasteiger partial charge in [-0.3, -0.25) is 9.10 Å². The lowest BCUT2D eigenvalue weighted by molar-refractivity contribution is -0.116. The number of aryl methyl sites for hydroxylation is 1. The summed E-state index contributed by atoms with van der Waals surface area (Å²) in [5.41, 5.74) is 2.26. The second kappa shape index (κ2) is 8.92. The van der Waals surface area contributed by atoms with Crippen LogP contribution in [0.3, 0.4) is 0 Å². The lowest BCUT2D eigenvalue weighted by Crippen LogP contribution is -2.41. The molecule has 1 amide bonds. The first-order valence-electron chi connectivity index (χ1n) is 9.42. The summed E-state index contributed by atoms with van der Waals surface area (Å²) in [6.45, 7) is 1.74. The van der Waals surface area contributed by atoms with Gasteiger partial charge < -0.3 is 4.90 Å². The fourth-order valence-electron chi connectivity index (χ4n) is 2.96. The molecule has 0 unspecified atom stereocenters. The van der Waals surface area contributed by atoms with Crippen LogP contribution in [0.15, 0.2) is 89.8 Å². The number of nitrogens with zero attached hydrogens (tertiary/aromatic N) is 2. The van der Waals surface area contributed by atoms with Crippen LogP contribution >= 0.6 is 0 Å². The number of benzene rings is 3. The summed E-state index contributed by atoms with van der Waals surface area (Å²) in [6, 6.07) is 24.6. The molecule has 0 atom stereocenters. The van der Waals surface area contributed by atoms with Gasteiger partial charge in [0.25, 0.3) is 10.0 Å². The molecule has 0 spiro atoms. The molecule has 5 nitrogen and oxygen atoms in total. The first-order chi connectivity index (χ1) is 13.9. The zero-order valence-electron chi connectivity index (χ0n) is 16.5. The molecule has 0 aliphatic rings. The van der Waals surface area contributed by atoms with Gasteiger partial charge in [-0.15, -0.1) is 0 Å². The lowest BCUT2D eigenvalue weighted by Gasteiger charge is -2.27. The first kappa shape index (κ1) is 20.6.